The Kier molecular flexibility index (Phi) is 4.65. The van der Waals surface area contributed by atoms with E-state index in [1.165, 1.54) is 0 Å². The largest absolute Gasteiger partial charge is 0.395 e. The second kappa shape index (κ2) is 4.70. The third kappa shape index (κ3) is 3.70. The van der Waals surface area contributed by atoms with Crippen LogP contribution in [0.1, 0.15) is 20.3 Å². The number of β-amino-alcohol motifs (C(OH)–C–C–N with tert-alkyl or cyclic N) is 1. The topological polar surface area (TPSA) is 49.5 Å². The maximum atomic E-state index is 8.70. The minimum absolute atomic E-state index is 0.109. The van der Waals surface area contributed by atoms with E-state index in [-0.39, 0.29) is 12.1 Å². The minimum atomic E-state index is 0.109. The molecule has 0 amide bonds. The van der Waals surface area contributed by atoms with Crippen LogP contribution in [-0.4, -0.2) is 42.3 Å². The van der Waals surface area contributed by atoms with E-state index in [2.05, 4.69) is 18.7 Å². The summed E-state index contributed by atoms with van der Waals surface area (Å²) >= 11 is 0. The standard InChI is InChI=1S/C8H20N2O/c1-8(2,4-5-9)10(3)6-7-11/h11H,4-7,9H2,1-3H3. The second-order valence-corrected chi connectivity index (χ2v) is 3.50. The molecule has 0 saturated carbocycles. The van der Waals surface area contributed by atoms with Gasteiger partial charge in [0.1, 0.15) is 0 Å². The summed E-state index contributed by atoms with van der Waals surface area (Å²) in [4.78, 5) is 2.12. The quantitative estimate of drug-likeness (QED) is 0.597. The van der Waals surface area contributed by atoms with Gasteiger partial charge in [-0.25, -0.2) is 0 Å². The Hall–Kier alpha value is -0.120. The van der Waals surface area contributed by atoms with Gasteiger partial charge in [-0.2, -0.15) is 0 Å². The van der Waals surface area contributed by atoms with Crippen LogP contribution in [0.5, 0.6) is 0 Å². The van der Waals surface area contributed by atoms with Crippen molar-refractivity contribution in [3.63, 3.8) is 0 Å². The van der Waals surface area contributed by atoms with E-state index in [0.717, 1.165) is 6.42 Å². The molecule has 0 rings (SSSR count). The SMILES string of the molecule is CN(CCO)C(C)(C)CCN. The van der Waals surface area contributed by atoms with Crippen molar-refractivity contribution in [2.24, 2.45) is 5.73 Å². The number of nitrogens with two attached hydrogens (primary N) is 1. The van der Waals surface area contributed by atoms with Gasteiger partial charge in [0, 0.05) is 12.1 Å². The van der Waals surface area contributed by atoms with Crippen LogP contribution in [0.2, 0.25) is 0 Å². The summed E-state index contributed by atoms with van der Waals surface area (Å²) in [7, 11) is 2.01. The molecular weight excluding hydrogens is 140 g/mol. The molecule has 0 aromatic rings. The fourth-order valence-electron chi connectivity index (χ4n) is 0.997. The molecule has 0 atom stereocenters. The van der Waals surface area contributed by atoms with Gasteiger partial charge >= 0.3 is 0 Å². The number of aliphatic hydroxyl groups is 1. The predicted molar refractivity (Wildman–Crippen MR) is 47.5 cm³/mol. The number of hydrogen-bond acceptors (Lipinski definition) is 3. The van der Waals surface area contributed by atoms with E-state index in [0.29, 0.717) is 13.1 Å². The van der Waals surface area contributed by atoms with Crippen LogP contribution in [-0.2, 0) is 0 Å². The molecule has 3 heteroatoms. The summed E-state index contributed by atoms with van der Waals surface area (Å²) in [5, 5.41) is 8.70. The fraction of sp³-hybridized carbons (Fsp3) is 1.00. The van der Waals surface area contributed by atoms with Crippen LogP contribution in [0.3, 0.4) is 0 Å². The first-order chi connectivity index (χ1) is 5.04. The lowest BCUT2D eigenvalue weighted by atomic mass is 9.99. The smallest absolute Gasteiger partial charge is 0.0558 e. The molecular formula is C8H20N2O. The molecule has 0 aliphatic rings. The summed E-state index contributed by atoms with van der Waals surface area (Å²) < 4.78 is 0. The van der Waals surface area contributed by atoms with E-state index in [4.69, 9.17) is 10.8 Å². The Bertz CT molecular complexity index is 104. The molecule has 0 spiro atoms. The molecule has 0 unspecified atom stereocenters. The van der Waals surface area contributed by atoms with Crippen molar-refractivity contribution in [2.75, 3.05) is 26.7 Å². The molecule has 0 aliphatic heterocycles. The van der Waals surface area contributed by atoms with Crippen LogP contribution in [0, 0.1) is 0 Å². The van der Waals surface area contributed by atoms with E-state index >= 15 is 0 Å². The lowest BCUT2D eigenvalue weighted by Gasteiger charge is -2.34. The lowest BCUT2D eigenvalue weighted by molar-refractivity contribution is 0.117. The van der Waals surface area contributed by atoms with Gasteiger partial charge in [0.05, 0.1) is 6.61 Å². The first-order valence-corrected chi connectivity index (χ1v) is 4.07. The Balaban J connectivity index is 3.83. The Morgan fingerprint density at radius 3 is 2.36 bits per heavy atom. The van der Waals surface area contributed by atoms with E-state index < -0.39 is 0 Å². The van der Waals surface area contributed by atoms with Crippen molar-refractivity contribution in [1.29, 1.82) is 0 Å². The molecule has 0 fully saturated rings. The van der Waals surface area contributed by atoms with Gasteiger partial charge in [0.15, 0.2) is 0 Å². The molecule has 0 aliphatic carbocycles. The number of nitrogens with zero attached hydrogens (tertiary/aromatic N) is 1. The minimum Gasteiger partial charge on any atom is -0.395 e. The Morgan fingerprint density at radius 1 is 1.45 bits per heavy atom. The zero-order valence-corrected chi connectivity index (χ0v) is 7.80. The highest BCUT2D eigenvalue weighted by Crippen LogP contribution is 2.14. The molecule has 0 heterocycles. The zero-order valence-electron chi connectivity index (χ0n) is 7.80. The first-order valence-electron chi connectivity index (χ1n) is 4.07. The summed E-state index contributed by atoms with van der Waals surface area (Å²) in [5.41, 5.74) is 5.57. The average Bonchev–Trinajstić information content (AvgIpc) is 1.88. The Morgan fingerprint density at radius 2 is 2.00 bits per heavy atom. The number of aliphatic hydroxyl groups excluding tert-OH is 1. The lowest BCUT2D eigenvalue weighted by Crippen LogP contribution is -2.43. The van der Waals surface area contributed by atoms with Gasteiger partial charge in [0.2, 0.25) is 0 Å². The van der Waals surface area contributed by atoms with Crippen molar-refractivity contribution >= 4 is 0 Å². The number of rotatable bonds is 5. The molecule has 68 valence electrons. The van der Waals surface area contributed by atoms with Crippen LogP contribution in [0.15, 0.2) is 0 Å². The molecule has 11 heavy (non-hydrogen) atoms. The molecule has 0 radical (unpaired) electrons. The molecule has 0 aromatic heterocycles. The maximum absolute atomic E-state index is 8.70. The monoisotopic (exact) mass is 160 g/mol. The van der Waals surface area contributed by atoms with Gasteiger partial charge in [-0.3, -0.25) is 4.90 Å². The molecule has 3 nitrogen and oxygen atoms in total. The summed E-state index contributed by atoms with van der Waals surface area (Å²) in [5.74, 6) is 0. The average molecular weight is 160 g/mol. The second-order valence-electron chi connectivity index (χ2n) is 3.50. The van der Waals surface area contributed by atoms with E-state index in [1.54, 1.807) is 0 Å². The third-order valence-electron chi connectivity index (χ3n) is 2.22. The third-order valence-corrected chi connectivity index (χ3v) is 2.22. The zero-order chi connectivity index (χ0) is 8.91. The van der Waals surface area contributed by atoms with E-state index in [1.807, 2.05) is 7.05 Å². The summed E-state index contributed by atoms with van der Waals surface area (Å²) in [6.07, 6.45) is 0.962. The van der Waals surface area contributed by atoms with Crippen LogP contribution >= 0.6 is 0 Å². The summed E-state index contributed by atoms with van der Waals surface area (Å²) in [6, 6.07) is 0. The highest BCUT2D eigenvalue weighted by molar-refractivity contribution is 4.78. The van der Waals surface area contributed by atoms with Gasteiger partial charge in [-0.1, -0.05) is 0 Å². The molecule has 0 aromatic carbocycles. The van der Waals surface area contributed by atoms with Gasteiger partial charge in [-0.05, 0) is 33.9 Å². The van der Waals surface area contributed by atoms with Crippen molar-refractivity contribution in [3.05, 3.63) is 0 Å². The predicted octanol–water partition coefficient (Wildman–Crippen LogP) is 0.0379. The van der Waals surface area contributed by atoms with Crippen LogP contribution in [0.4, 0.5) is 0 Å². The van der Waals surface area contributed by atoms with Crippen molar-refractivity contribution in [3.8, 4) is 0 Å². The van der Waals surface area contributed by atoms with E-state index in [9.17, 15) is 0 Å². The molecule has 0 bridgehead atoms. The Labute approximate surface area is 69.2 Å². The van der Waals surface area contributed by atoms with Crippen molar-refractivity contribution < 1.29 is 5.11 Å². The number of hydrogen-bond donors (Lipinski definition) is 2. The highest BCUT2D eigenvalue weighted by atomic mass is 16.3. The number of likely N-dealkylation sites (N-methyl/N-ethyl adjacent to an activating group) is 1. The normalized spacial score (nSPS) is 12.5. The van der Waals surface area contributed by atoms with Crippen molar-refractivity contribution in [2.45, 2.75) is 25.8 Å². The van der Waals surface area contributed by atoms with Crippen LogP contribution in [0.25, 0.3) is 0 Å². The molecule has 0 saturated heterocycles. The maximum Gasteiger partial charge on any atom is 0.0558 e. The van der Waals surface area contributed by atoms with Crippen molar-refractivity contribution in [1.82, 2.24) is 4.90 Å². The van der Waals surface area contributed by atoms with Gasteiger partial charge in [0.25, 0.3) is 0 Å². The van der Waals surface area contributed by atoms with Gasteiger partial charge in [-0.15, -0.1) is 0 Å². The summed E-state index contributed by atoms with van der Waals surface area (Å²) in [6.45, 7) is 5.89. The molecule has 3 N–H and O–H groups in total. The van der Waals surface area contributed by atoms with Gasteiger partial charge < -0.3 is 10.8 Å². The first kappa shape index (κ1) is 10.9. The fourth-order valence-corrected chi connectivity index (χ4v) is 0.997. The highest BCUT2D eigenvalue weighted by Gasteiger charge is 2.21. The van der Waals surface area contributed by atoms with Crippen LogP contribution < -0.4 is 5.73 Å².